The first-order valence-electron chi connectivity index (χ1n) is 5.83. The predicted molar refractivity (Wildman–Crippen MR) is 79.8 cm³/mol. The highest BCUT2D eigenvalue weighted by molar-refractivity contribution is 9.10. The summed E-state index contributed by atoms with van der Waals surface area (Å²) in [5, 5.41) is 0.843. The summed E-state index contributed by atoms with van der Waals surface area (Å²) in [6.07, 6.45) is 1.73. The lowest BCUT2D eigenvalue weighted by atomic mass is 10.1. The molecule has 1 unspecified atom stereocenters. The van der Waals surface area contributed by atoms with Gasteiger partial charge in [-0.25, -0.2) is 9.37 Å². The normalized spacial score (nSPS) is 12.5. The van der Waals surface area contributed by atoms with Crippen molar-refractivity contribution in [1.82, 2.24) is 4.98 Å². The third-order valence-electron chi connectivity index (χ3n) is 2.71. The lowest BCUT2D eigenvalue weighted by Crippen LogP contribution is -2.07. The molecule has 0 saturated heterocycles. The number of benzene rings is 1. The Bertz CT molecular complexity index is 602. The highest BCUT2D eigenvalue weighted by Gasteiger charge is 2.13. The molecule has 2 aromatic rings. The van der Waals surface area contributed by atoms with Gasteiger partial charge in [0.05, 0.1) is 4.47 Å². The van der Waals surface area contributed by atoms with Crippen molar-refractivity contribution in [3.8, 4) is 0 Å². The Labute approximate surface area is 124 Å². The summed E-state index contributed by atoms with van der Waals surface area (Å²) in [5.74, 6) is -0.225. The van der Waals surface area contributed by atoms with Gasteiger partial charge in [-0.2, -0.15) is 0 Å². The summed E-state index contributed by atoms with van der Waals surface area (Å²) in [5.41, 5.74) is 7.32. The maximum atomic E-state index is 13.6. The Morgan fingerprint density at radius 2 is 2.16 bits per heavy atom. The van der Waals surface area contributed by atoms with Crippen LogP contribution in [0.3, 0.4) is 0 Å². The van der Waals surface area contributed by atoms with E-state index in [0.29, 0.717) is 5.56 Å². The van der Waals surface area contributed by atoms with Gasteiger partial charge in [0.1, 0.15) is 10.8 Å². The van der Waals surface area contributed by atoms with Crippen molar-refractivity contribution in [1.29, 1.82) is 0 Å². The second kappa shape index (κ2) is 6.03. The zero-order valence-corrected chi connectivity index (χ0v) is 13.1. The zero-order chi connectivity index (χ0) is 14.0. The number of rotatable bonds is 3. The minimum absolute atomic E-state index is 0.222. The molecule has 0 aliphatic carbocycles. The Morgan fingerprint density at radius 3 is 2.79 bits per heavy atom. The molecule has 1 atom stereocenters. The molecule has 1 aromatic heterocycles. The van der Waals surface area contributed by atoms with Crippen molar-refractivity contribution >= 4 is 27.7 Å². The lowest BCUT2D eigenvalue weighted by Gasteiger charge is -2.14. The number of halogens is 2. The van der Waals surface area contributed by atoms with Crippen LogP contribution in [0.2, 0.25) is 0 Å². The molecule has 5 heteroatoms. The Balaban J connectivity index is 2.45. The molecule has 0 fully saturated rings. The van der Waals surface area contributed by atoms with Crippen LogP contribution in [0.1, 0.15) is 24.1 Å². The maximum absolute atomic E-state index is 13.6. The molecule has 2 N–H and O–H groups in total. The van der Waals surface area contributed by atoms with Crippen LogP contribution < -0.4 is 5.73 Å². The molecule has 2 rings (SSSR count). The van der Waals surface area contributed by atoms with E-state index in [-0.39, 0.29) is 11.9 Å². The molecule has 0 aliphatic heterocycles. The summed E-state index contributed by atoms with van der Waals surface area (Å²) in [7, 11) is 0. The molecule has 1 heterocycles. The van der Waals surface area contributed by atoms with Crippen molar-refractivity contribution in [2.45, 2.75) is 29.8 Å². The first kappa shape index (κ1) is 14.5. The second-order valence-corrected chi connectivity index (χ2v) is 6.21. The lowest BCUT2D eigenvalue weighted by molar-refractivity contribution is 0.610. The van der Waals surface area contributed by atoms with E-state index in [1.54, 1.807) is 13.1 Å². The van der Waals surface area contributed by atoms with Gasteiger partial charge in [0.2, 0.25) is 0 Å². The van der Waals surface area contributed by atoms with E-state index in [2.05, 4.69) is 20.9 Å². The van der Waals surface area contributed by atoms with E-state index in [9.17, 15) is 4.39 Å². The molecule has 19 heavy (non-hydrogen) atoms. The van der Waals surface area contributed by atoms with Crippen LogP contribution in [-0.4, -0.2) is 4.98 Å². The molecule has 0 spiro atoms. The minimum atomic E-state index is -0.225. The van der Waals surface area contributed by atoms with E-state index >= 15 is 0 Å². The summed E-state index contributed by atoms with van der Waals surface area (Å²) in [4.78, 5) is 5.25. The van der Waals surface area contributed by atoms with E-state index in [0.717, 1.165) is 20.0 Å². The van der Waals surface area contributed by atoms with Crippen molar-refractivity contribution in [2.24, 2.45) is 5.73 Å². The summed E-state index contributed by atoms with van der Waals surface area (Å²) >= 11 is 4.95. The van der Waals surface area contributed by atoms with Gasteiger partial charge in [-0.1, -0.05) is 11.8 Å². The van der Waals surface area contributed by atoms with Crippen LogP contribution in [0.5, 0.6) is 0 Å². The standard InChI is InChI=1S/C14H14BrFN2S/c1-8-6-13(10(9(2)17)7-12(8)16)19-14-11(15)4-3-5-18-14/h3-7,9H,17H2,1-2H3. The molecule has 0 radical (unpaired) electrons. The Morgan fingerprint density at radius 1 is 1.42 bits per heavy atom. The van der Waals surface area contributed by atoms with Crippen LogP contribution in [0.4, 0.5) is 4.39 Å². The van der Waals surface area contributed by atoms with Crippen molar-refractivity contribution in [2.75, 3.05) is 0 Å². The average Bonchev–Trinajstić information content (AvgIpc) is 2.36. The highest BCUT2D eigenvalue weighted by atomic mass is 79.9. The Hall–Kier alpha value is -0.910. The maximum Gasteiger partial charge on any atom is 0.126 e. The second-order valence-electron chi connectivity index (χ2n) is 4.32. The van der Waals surface area contributed by atoms with E-state index < -0.39 is 0 Å². The molecular formula is C14H14BrFN2S. The van der Waals surface area contributed by atoms with Crippen molar-refractivity contribution in [3.63, 3.8) is 0 Å². The average molecular weight is 341 g/mol. The van der Waals surface area contributed by atoms with Gasteiger partial charge < -0.3 is 5.73 Å². The van der Waals surface area contributed by atoms with Gasteiger partial charge in [-0.3, -0.25) is 0 Å². The van der Waals surface area contributed by atoms with Crippen molar-refractivity contribution < 1.29 is 4.39 Å². The third kappa shape index (κ3) is 3.35. The third-order valence-corrected chi connectivity index (χ3v) is 4.71. The van der Waals surface area contributed by atoms with E-state index in [4.69, 9.17) is 5.73 Å². The van der Waals surface area contributed by atoms with Gasteiger partial charge in [-0.05, 0) is 65.2 Å². The van der Waals surface area contributed by atoms with Crippen LogP contribution in [0.15, 0.2) is 44.9 Å². The molecule has 2 nitrogen and oxygen atoms in total. The Kier molecular flexibility index (Phi) is 4.60. The number of nitrogens with two attached hydrogens (primary N) is 1. The van der Waals surface area contributed by atoms with E-state index in [1.165, 1.54) is 17.8 Å². The predicted octanol–water partition coefficient (Wildman–Crippen LogP) is 4.46. The largest absolute Gasteiger partial charge is 0.324 e. The van der Waals surface area contributed by atoms with Gasteiger partial charge in [-0.15, -0.1) is 0 Å². The topological polar surface area (TPSA) is 38.9 Å². The molecule has 0 amide bonds. The molecule has 100 valence electrons. The zero-order valence-electron chi connectivity index (χ0n) is 10.7. The molecular weight excluding hydrogens is 327 g/mol. The van der Waals surface area contributed by atoms with Crippen LogP contribution in [-0.2, 0) is 0 Å². The van der Waals surface area contributed by atoms with Gasteiger partial charge >= 0.3 is 0 Å². The molecule has 0 bridgehead atoms. The van der Waals surface area contributed by atoms with Gasteiger partial charge in [0.15, 0.2) is 0 Å². The summed E-state index contributed by atoms with van der Waals surface area (Å²) < 4.78 is 14.6. The number of hydrogen-bond acceptors (Lipinski definition) is 3. The monoisotopic (exact) mass is 340 g/mol. The highest BCUT2D eigenvalue weighted by Crippen LogP contribution is 2.36. The van der Waals surface area contributed by atoms with Gasteiger partial charge in [0, 0.05) is 17.1 Å². The number of aromatic nitrogens is 1. The van der Waals surface area contributed by atoms with Crippen LogP contribution in [0, 0.1) is 12.7 Å². The van der Waals surface area contributed by atoms with E-state index in [1.807, 2.05) is 25.1 Å². The number of aryl methyl sites for hydroxylation is 1. The van der Waals surface area contributed by atoms with Crippen LogP contribution >= 0.6 is 27.7 Å². The van der Waals surface area contributed by atoms with Gasteiger partial charge in [0.25, 0.3) is 0 Å². The first-order valence-corrected chi connectivity index (χ1v) is 7.44. The SMILES string of the molecule is Cc1cc(Sc2ncccc2Br)c(C(C)N)cc1F. The molecule has 0 aliphatic rings. The quantitative estimate of drug-likeness (QED) is 0.896. The number of hydrogen-bond donors (Lipinski definition) is 1. The first-order chi connectivity index (χ1) is 8.99. The fraction of sp³-hybridized carbons (Fsp3) is 0.214. The minimum Gasteiger partial charge on any atom is -0.324 e. The fourth-order valence-corrected chi connectivity index (χ4v) is 3.25. The summed E-state index contributed by atoms with van der Waals surface area (Å²) in [6, 6.07) is 6.90. The number of pyridine rings is 1. The number of nitrogens with zero attached hydrogens (tertiary/aromatic N) is 1. The molecule has 0 saturated carbocycles. The van der Waals surface area contributed by atoms with Crippen LogP contribution in [0.25, 0.3) is 0 Å². The fourth-order valence-electron chi connectivity index (χ4n) is 1.67. The molecule has 1 aromatic carbocycles. The summed E-state index contributed by atoms with van der Waals surface area (Å²) in [6.45, 7) is 3.60. The smallest absolute Gasteiger partial charge is 0.126 e. The van der Waals surface area contributed by atoms with Crippen molar-refractivity contribution in [3.05, 3.63) is 51.9 Å².